The highest BCUT2D eigenvalue weighted by Crippen LogP contribution is 2.59. The van der Waals surface area contributed by atoms with Gasteiger partial charge in [0.15, 0.2) is 6.17 Å². The van der Waals surface area contributed by atoms with Crippen LogP contribution in [0.15, 0.2) is 16.9 Å². The molecule has 2 aliphatic carbocycles. The Hall–Kier alpha value is -1.60. The molecule has 7 heteroatoms. The number of hydrogen-bond donors (Lipinski definition) is 1. The number of hydroxylamine groups is 2. The Morgan fingerprint density at radius 1 is 1.24 bits per heavy atom. The molecular weight excluding hydrogens is 320 g/mol. The zero-order chi connectivity index (χ0) is 17.3. The van der Waals surface area contributed by atoms with Crippen LogP contribution < -0.4 is 0 Å². The Labute approximate surface area is 147 Å². The molecule has 0 radical (unpaired) electrons. The molecule has 3 aliphatic heterocycles. The van der Waals surface area contributed by atoms with E-state index in [2.05, 4.69) is 13.8 Å². The quantitative estimate of drug-likeness (QED) is 0.775. The smallest absolute Gasteiger partial charge is 0.326 e. The van der Waals surface area contributed by atoms with Crippen LogP contribution in [-0.4, -0.2) is 63.4 Å². The van der Waals surface area contributed by atoms with E-state index in [0.717, 1.165) is 25.1 Å². The molecule has 0 aromatic rings. The van der Waals surface area contributed by atoms with Crippen LogP contribution in [0.25, 0.3) is 0 Å². The average molecular weight is 346 g/mol. The second kappa shape index (κ2) is 5.45. The fourth-order valence-electron chi connectivity index (χ4n) is 5.33. The first-order valence-corrected chi connectivity index (χ1v) is 9.65. The fourth-order valence-corrected chi connectivity index (χ4v) is 5.33. The minimum Gasteiger partial charge on any atom is -0.369 e. The van der Waals surface area contributed by atoms with Crippen molar-refractivity contribution in [1.29, 1.82) is 0 Å². The molecule has 5 aliphatic rings. The summed E-state index contributed by atoms with van der Waals surface area (Å²) in [6.07, 6.45) is 6.25. The zero-order valence-corrected chi connectivity index (χ0v) is 14.8. The molecule has 0 spiro atoms. The first-order chi connectivity index (χ1) is 12.1. The number of hydrogen-bond acceptors (Lipinski definition) is 5. The van der Waals surface area contributed by atoms with Gasteiger partial charge in [-0.05, 0) is 37.5 Å². The van der Waals surface area contributed by atoms with Crippen molar-refractivity contribution >= 4 is 11.9 Å². The highest BCUT2D eigenvalue weighted by Gasteiger charge is 2.65. The molecule has 7 nitrogen and oxygen atoms in total. The third kappa shape index (κ3) is 2.11. The highest BCUT2D eigenvalue weighted by molar-refractivity contribution is 5.90. The number of nitrogens with zero attached hydrogens (tertiary/aromatic N) is 4. The largest absolute Gasteiger partial charge is 0.369 e. The monoisotopic (exact) mass is 346 g/mol. The predicted octanol–water partition coefficient (Wildman–Crippen LogP) is 2.24. The summed E-state index contributed by atoms with van der Waals surface area (Å²) in [5, 5.41) is 12.1. The molecule has 3 fully saturated rings. The van der Waals surface area contributed by atoms with Gasteiger partial charge in [0.05, 0.1) is 12.2 Å². The van der Waals surface area contributed by atoms with Crippen molar-refractivity contribution in [2.24, 2.45) is 22.7 Å². The lowest BCUT2D eigenvalue weighted by Gasteiger charge is -2.37. The van der Waals surface area contributed by atoms with Crippen LogP contribution in [0.4, 0.5) is 4.79 Å². The molecule has 0 aromatic carbocycles. The Bertz CT molecular complexity index is 663. The molecule has 5 rings (SSSR count). The number of urea groups is 1. The van der Waals surface area contributed by atoms with E-state index in [-0.39, 0.29) is 18.1 Å². The lowest BCUT2D eigenvalue weighted by molar-refractivity contribution is 0.00602. The van der Waals surface area contributed by atoms with E-state index in [0.29, 0.717) is 42.8 Å². The molecule has 6 unspecified atom stereocenters. The third-order valence-electron chi connectivity index (χ3n) is 6.41. The molecule has 136 valence electrons. The summed E-state index contributed by atoms with van der Waals surface area (Å²) in [4.78, 5) is 21.1. The molecule has 6 atom stereocenters. The molecular formula is C18H26N4O3. The Balaban J connectivity index is 1.46. The Morgan fingerprint density at radius 3 is 2.72 bits per heavy atom. The minimum absolute atomic E-state index is 0.00520. The lowest BCUT2D eigenvalue weighted by Crippen LogP contribution is -2.51. The maximum atomic E-state index is 12.8. The molecule has 1 N–H and O–H groups in total. The first-order valence-electron chi connectivity index (χ1n) is 9.65. The summed E-state index contributed by atoms with van der Waals surface area (Å²) in [7, 11) is 0. The number of fused-ring (bicyclic) bond motifs is 6. The van der Waals surface area contributed by atoms with Gasteiger partial charge in [0.25, 0.3) is 0 Å². The number of amides is 2. The third-order valence-corrected chi connectivity index (χ3v) is 6.41. The van der Waals surface area contributed by atoms with Gasteiger partial charge < -0.3 is 4.74 Å². The molecule has 25 heavy (non-hydrogen) atoms. The van der Waals surface area contributed by atoms with E-state index in [1.807, 2.05) is 0 Å². The topological polar surface area (TPSA) is 71.9 Å². The summed E-state index contributed by atoms with van der Waals surface area (Å²) in [5.74, 6) is 2.09. The van der Waals surface area contributed by atoms with Crippen molar-refractivity contribution in [2.45, 2.75) is 57.9 Å². The highest BCUT2D eigenvalue weighted by atomic mass is 16.6. The van der Waals surface area contributed by atoms with Crippen LogP contribution >= 0.6 is 0 Å². The number of rotatable bonds is 5. The van der Waals surface area contributed by atoms with Gasteiger partial charge in [0.1, 0.15) is 11.5 Å². The van der Waals surface area contributed by atoms with Gasteiger partial charge >= 0.3 is 6.03 Å². The summed E-state index contributed by atoms with van der Waals surface area (Å²) in [5.41, 5.74) is 0.715. The lowest BCUT2D eigenvalue weighted by atomic mass is 9.88. The summed E-state index contributed by atoms with van der Waals surface area (Å²) < 4.78 is 5.77. The van der Waals surface area contributed by atoms with Gasteiger partial charge in [-0.15, -0.1) is 0 Å². The summed E-state index contributed by atoms with van der Waals surface area (Å²) in [6, 6.07) is -0.00520. The van der Waals surface area contributed by atoms with Crippen LogP contribution in [-0.2, 0) is 4.74 Å². The Morgan fingerprint density at radius 2 is 2.04 bits per heavy atom. The van der Waals surface area contributed by atoms with Crippen molar-refractivity contribution in [1.82, 2.24) is 14.9 Å². The van der Waals surface area contributed by atoms with E-state index < -0.39 is 0 Å². The van der Waals surface area contributed by atoms with Gasteiger partial charge in [0, 0.05) is 25.2 Å². The van der Waals surface area contributed by atoms with E-state index in [9.17, 15) is 10.0 Å². The summed E-state index contributed by atoms with van der Waals surface area (Å²) in [6.45, 7) is 5.42. The second-order valence-corrected chi connectivity index (χ2v) is 7.96. The van der Waals surface area contributed by atoms with Crippen LogP contribution in [0.2, 0.25) is 0 Å². The first kappa shape index (κ1) is 15.6. The second-order valence-electron chi connectivity index (χ2n) is 7.96. The number of carbonyl (C=O) groups is 1. The van der Waals surface area contributed by atoms with E-state index in [1.165, 1.54) is 11.5 Å². The maximum Gasteiger partial charge on any atom is 0.326 e. The molecule has 2 bridgehead atoms. The Kier molecular flexibility index (Phi) is 3.41. The SMILES string of the molecule is CCCN1C=C2C(N=C(C3CC4CC3C3OC43)N2O)N(CCC)C1=O. The van der Waals surface area contributed by atoms with Gasteiger partial charge in [-0.1, -0.05) is 13.8 Å². The molecule has 1 saturated heterocycles. The van der Waals surface area contributed by atoms with Crippen molar-refractivity contribution in [3.8, 4) is 0 Å². The van der Waals surface area contributed by atoms with Crippen molar-refractivity contribution in [3.63, 3.8) is 0 Å². The molecule has 2 saturated carbocycles. The standard InChI is InChI=1S/C18H26N4O3/c1-3-5-20-9-13-17(21(6-4-2)18(20)23)19-16(22(13)24)12-8-10-7-11(12)15-14(10)25-15/h9-12,14-15,17,24H,3-8H2,1-2H3. The molecule has 0 aromatic heterocycles. The van der Waals surface area contributed by atoms with Crippen molar-refractivity contribution in [2.75, 3.05) is 13.1 Å². The van der Waals surface area contributed by atoms with Crippen LogP contribution in [0.1, 0.15) is 39.5 Å². The number of epoxide rings is 1. The summed E-state index contributed by atoms with van der Waals surface area (Å²) >= 11 is 0. The predicted molar refractivity (Wildman–Crippen MR) is 90.7 cm³/mol. The van der Waals surface area contributed by atoms with Gasteiger partial charge in [-0.3, -0.25) is 15.0 Å². The fraction of sp³-hybridized carbons (Fsp3) is 0.778. The van der Waals surface area contributed by atoms with Gasteiger partial charge in [-0.25, -0.2) is 14.9 Å². The van der Waals surface area contributed by atoms with Gasteiger partial charge in [-0.2, -0.15) is 0 Å². The zero-order valence-electron chi connectivity index (χ0n) is 14.8. The number of ether oxygens (including phenoxy) is 1. The molecule has 2 amide bonds. The van der Waals surface area contributed by atoms with Gasteiger partial charge in [0.2, 0.25) is 0 Å². The van der Waals surface area contributed by atoms with Crippen LogP contribution in [0, 0.1) is 17.8 Å². The number of carbonyl (C=O) groups excluding carboxylic acids is 1. The van der Waals surface area contributed by atoms with Crippen LogP contribution in [0.5, 0.6) is 0 Å². The van der Waals surface area contributed by atoms with E-state index in [4.69, 9.17) is 9.73 Å². The molecule has 3 heterocycles. The average Bonchev–Trinajstić information content (AvgIpc) is 3.06. The maximum absolute atomic E-state index is 12.8. The van der Waals surface area contributed by atoms with E-state index in [1.54, 1.807) is 16.0 Å². The van der Waals surface area contributed by atoms with E-state index >= 15 is 0 Å². The number of amidine groups is 1. The van der Waals surface area contributed by atoms with Crippen molar-refractivity contribution < 1.29 is 14.7 Å². The normalized spacial score (nSPS) is 41.1. The number of aliphatic imine (C=N–C) groups is 1. The minimum atomic E-state index is -0.379. The van der Waals surface area contributed by atoms with Crippen molar-refractivity contribution in [3.05, 3.63) is 11.9 Å². The van der Waals surface area contributed by atoms with Crippen LogP contribution in [0.3, 0.4) is 0 Å².